The molecule has 1 aromatic rings. The fraction of sp³-hybridized carbons (Fsp3) is 0.615. The van der Waals surface area contributed by atoms with Crippen LogP contribution >= 0.6 is 0 Å². The molecule has 19 heavy (non-hydrogen) atoms. The topological polar surface area (TPSA) is 76.0 Å². The number of rotatable bonds is 8. The number of unbranched alkanes of at least 4 members (excludes halogenated alkanes) is 1. The van der Waals surface area contributed by atoms with Crippen molar-refractivity contribution in [1.82, 2.24) is 15.1 Å². The molecule has 1 aromatic heterocycles. The van der Waals surface area contributed by atoms with Crippen LogP contribution in [-0.2, 0) is 11.3 Å². The molecule has 0 radical (unpaired) electrons. The highest BCUT2D eigenvalue weighted by molar-refractivity contribution is 5.75. The van der Waals surface area contributed by atoms with Gasteiger partial charge in [-0.25, -0.2) is 4.68 Å². The molecule has 0 aliphatic heterocycles. The molecule has 0 aliphatic carbocycles. The minimum absolute atomic E-state index is 0.0311. The van der Waals surface area contributed by atoms with Crippen LogP contribution in [-0.4, -0.2) is 28.8 Å². The van der Waals surface area contributed by atoms with Gasteiger partial charge < -0.3 is 10.6 Å². The molecule has 0 saturated heterocycles. The molecule has 0 aliphatic rings. The maximum absolute atomic E-state index is 11.7. The second-order valence-corrected chi connectivity index (χ2v) is 4.37. The molecule has 1 rings (SSSR count). The highest BCUT2D eigenvalue weighted by atomic mass is 16.2. The van der Waals surface area contributed by atoms with Crippen LogP contribution in [0.15, 0.2) is 17.1 Å². The van der Waals surface area contributed by atoms with Gasteiger partial charge in [0.05, 0.1) is 11.9 Å². The van der Waals surface area contributed by atoms with Crippen molar-refractivity contribution in [2.24, 2.45) is 0 Å². The van der Waals surface area contributed by atoms with E-state index in [9.17, 15) is 9.59 Å². The predicted molar refractivity (Wildman–Crippen MR) is 75.2 cm³/mol. The molecule has 0 fully saturated rings. The molecule has 0 atom stereocenters. The monoisotopic (exact) mass is 266 g/mol. The molecule has 6 heteroatoms. The van der Waals surface area contributed by atoms with E-state index in [0.29, 0.717) is 12.2 Å². The van der Waals surface area contributed by atoms with Crippen LogP contribution in [0.5, 0.6) is 0 Å². The van der Waals surface area contributed by atoms with E-state index in [0.717, 1.165) is 25.8 Å². The summed E-state index contributed by atoms with van der Waals surface area (Å²) in [5, 5.41) is 9.82. The Balaban J connectivity index is 2.54. The summed E-state index contributed by atoms with van der Waals surface area (Å²) < 4.78 is 1.17. The first-order valence-corrected chi connectivity index (χ1v) is 6.75. The van der Waals surface area contributed by atoms with E-state index in [-0.39, 0.29) is 18.0 Å². The highest BCUT2D eigenvalue weighted by Gasteiger charge is 2.05. The number of carbonyl (C=O) groups excluding carboxylic acids is 1. The number of hydrogen-bond donors (Lipinski definition) is 2. The summed E-state index contributed by atoms with van der Waals surface area (Å²) in [6.45, 7) is 5.50. The zero-order valence-corrected chi connectivity index (χ0v) is 11.6. The largest absolute Gasteiger partial charge is 0.384 e. The number of hydrogen-bond acceptors (Lipinski definition) is 4. The van der Waals surface area contributed by atoms with E-state index in [2.05, 4.69) is 22.7 Å². The normalized spacial score (nSPS) is 10.2. The van der Waals surface area contributed by atoms with Gasteiger partial charge in [0, 0.05) is 19.2 Å². The standard InChI is InChI=1S/C13H22N4O2/c1-3-5-7-15-12(18)10-17-13(19)8-11(9-16-17)14-6-4-2/h8-9,14H,3-7,10H2,1-2H3,(H,15,18). The minimum atomic E-state index is -0.272. The molecule has 0 aromatic carbocycles. The lowest BCUT2D eigenvalue weighted by Crippen LogP contribution is -2.33. The van der Waals surface area contributed by atoms with Crippen LogP contribution in [0.2, 0.25) is 0 Å². The van der Waals surface area contributed by atoms with Gasteiger partial charge in [-0.1, -0.05) is 20.3 Å². The first kappa shape index (κ1) is 15.2. The first-order chi connectivity index (χ1) is 9.17. The van der Waals surface area contributed by atoms with Crippen LogP contribution < -0.4 is 16.2 Å². The summed E-state index contributed by atoms with van der Waals surface area (Å²) in [5.41, 5.74) is 0.418. The van der Waals surface area contributed by atoms with Crippen molar-refractivity contribution >= 4 is 11.6 Å². The Kier molecular flexibility index (Phi) is 6.63. The Labute approximate surface area is 113 Å². The third kappa shape index (κ3) is 5.54. The molecule has 0 spiro atoms. The van der Waals surface area contributed by atoms with Gasteiger partial charge in [0.1, 0.15) is 6.54 Å². The third-order valence-corrected chi connectivity index (χ3v) is 2.59. The number of anilines is 1. The molecule has 1 heterocycles. The fourth-order valence-electron chi connectivity index (χ4n) is 1.51. The van der Waals surface area contributed by atoms with Gasteiger partial charge in [-0.15, -0.1) is 0 Å². The second-order valence-electron chi connectivity index (χ2n) is 4.37. The number of aromatic nitrogens is 2. The molecule has 106 valence electrons. The molecule has 0 bridgehead atoms. The molecule has 2 N–H and O–H groups in total. The summed E-state index contributed by atoms with van der Waals surface area (Å²) in [6, 6.07) is 1.46. The molecular formula is C13H22N4O2. The molecule has 6 nitrogen and oxygen atoms in total. The van der Waals surface area contributed by atoms with Crippen molar-refractivity contribution in [1.29, 1.82) is 0 Å². The Bertz CT molecular complexity index is 456. The van der Waals surface area contributed by atoms with Gasteiger partial charge in [0.15, 0.2) is 0 Å². The van der Waals surface area contributed by atoms with E-state index >= 15 is 0 Å². The summed E-state index contributed by atoms with van der Waals surface area (Å²) in [7, 11) is 0. The van der Waals surface area contributed by atoms with Crippen LogP contribution in [0.1, 0.15) is 33.1 Å². The van der Waals surface area contributed by atoms with E-state index in [1.165, 1.54) is 10.7 Å². The van der Waals surface area contributed by atoms with E-state index < -0.39 is 0 Å². The fourth-order valence-corrected chi connectivity index (χ4v) is 1.51. The van der Waals surface area contributed by atoms with Crippen LogP contribution in [0, 0.1) is 0 Å². The predicted octanol–water partition coefficient (Wildman–Crippen LogP) is 0.981. The van der Waals surface area contributed by atoms with E-state index in [1.807, 2.05) is 6.92 Å². The zero-order valence-electron chi connectivity index (χ0n) is 11.6. The number of carbonyl (C=O) groups is 1. The van der Waals surface area contributed by atoms with Gasteiger partial charge in [0.2, 0.25) is 5.91 Å². The number of nitrogens with zero attached hydrogens (tertiary/aromatic N) is 2. The molecular weight excluding hydrogens is 244 g/mol. The minimum Gasteiger partial charge on any atom is -0.384 e. The van der Waals surface area contributed by atoms with Crippen LogP contribution in [0.3, 0.4) is 0 Å². The van der Waals surface area contributed by atoms with Crippen molar-refractivity contribution in [3.05, 3.63) is 22.6 Å². The Morgan fingerprint density at radius 3 is 2.74 bits per heavy atom. The van der Waals surface area contributed by atoms with Crippen LogP contribution in [0.4, 0.5) is 5.69 Å². The quantitative estimate of drug-likeness (QED) is 0.688. The molecule has 0 saturated carbocycles. The second kappa shape index (κ2) is 8.29. The lowest BCUT2D eigenvalue weighted by atomic mass is 10.3. The summed E-state index contributed by atoms with van der Waals surface area (Å²) in [6.07, 6.45) is 4.50. The average molecular weight is 266 g/mol. The first-order valence-electron chi connectivity index (χ1n) is 6.75. The maximum atomic E-state index is 11.7. The van der Waals surface area contributed by atoms with Crippen LogP contribution in [0.25, 0.3) is 0 Å². The number of amides is 1. The van der Waals surface area contributed by atoms with Crippen molar-refractivity contribution in [2.75, 3.05) is 18.4 Å². The highest BCUT2D eigenvalue weighted by Crippen LogP contribution is 1.99. The Morgan fingerprint density at radius 2 is 2.11 bits per heavy atom. The van der Waals surface area contributed by atoms with E-state index in [4.69, 9.17) is 0 Å². The Morgan fingerprint density at radius 1 is 1.32 bits per heavy atom. The SMILES string of the molecule is CCCCNC(=O)Cn1ncc(NCCC)cc1=O. The lowest BCUT2D eigenvalue weighted by molar-refractivity contribution is -0.121. The summed E-state index contributed by atoms with van der Waals surface area (Å²) >= 11 is 0. The van der Waals surface area contributed by atoms with Gasteiger partial charge in [0.25, 0.3) is 5.56 Å². The van der Waals surface area contributed by atoms with Crippen molar-refractivity contribution in [3.63, 3.8) is 0 Å². The lowest BCUT2D eigenvalue weighted by Gasteiger charge is -2.07. The van der Waals surface area contributed by atoms with Gasteiger partial charge in [-0.3, -0.25) is 9.59 Å². The number of nitrogens with one attached hydrogen (secondary N) is 2. The van der Waals surface area contributed by atoms with Crippen molar-refractivity contribution in [3.8, 4) is 0 Å². The van der Waals surface area contributed by atoms with Crippen molar-refractivity contribution in [2.45, 2.75) is 39.7 Å². The summed E-state index contributed by atoms with van der Waals surface area (Å²) in [5.74, 6) is -0.183. The van der Waals surface area contributed by atoms with Gasteiger partial charge >= 0.3 is 0 Å². The third-order valence-electron chi connectivity index (χ3n) is 2.59. The maximum Gasteiger partial charge on any atom is 0.269 e. The van der Waals surface area contributed by atoms with Gasteiger partial charge in [-0.05, 0) is 12.8 Å². The smallest absolute Gasteiger partial charge is 0.269 e. The molecule has 0 unspecified atom stereocenters. The van der Waals surface area contributed by atoms with E-state index in [1.54, 1.807) is 6.20 Å². The molecule has 1 amide bonds. The van der Waals surface area contributed by atoms with Gasteiger partial charge in [-0.2, -0.15) is 5.10 Å². The zero-order chi connectivity index (χ0) is 14.1. The average Bonchev–Trinajstić information content (AvgIpc) is 2.39. The summed E-state index contributed by atoms with van der Waals surface area (Å²) in [4.78, 5) is 23.3. The van der Waals surface area contributed by atoms with Crippen molar-refractivity contribution < 1.29 is 4.79 Å². The Hall–Kier alpha value is -1.85.